The van der Waals surface area contributed by atoms with Crippen molar-refractivity contribution in [2.75, 3.05) is 33.0 Å². The van der Waals surface area contributed by atoms with Crippen molar-refractivity contribution >= 4 is 0 Å². The summed E-state index contributed by atoms with van der Waals surface area (Å²) >= 11 is 0. The fourth-order valence-electron chi connectivity index (χ4n) is 0.920. The molecule has 0 aliphatic carbocycles. The van der Waals surface area contributed by atoms with Crippen LogP contribution in [0.15, 0.2) is 12.2 Å². The molecule has 0 atom stereocenters. The van der Waals surface area contributed by atoms with E-state index in [0.29, 0.717) is 19.8 Å². The van der Waals surface area contributed by atoms with Gasteiger partial charge in [0.2, 0.25) is 0 Å². The molecule has 0 heterocycles. The fraction of sp³-hybridized carbons (Fsp3) is 0.833. The van der Waals surface area contributed by atoms with Gasteiger partial charge in [-0.1, -0.05) is 6.58 Å². The molecule has 0 unspecified atom stereocenters. The summed E-state index contributed by atoms with van der Waals surface area (Å²) in [6.45, 7) is 15.8. The van der Waals surface area contributed by atoms with Gasteiger partial charge in [0.25, 0.3) is 0 Å². The Bertz CT molecular complexity index is 173. The lowest BCUT2D eigenvalue weighted by atomic mass is 10.1. The monoisotopic (exact) mass is 215 g/mol. The van der Waals surface area contributed by atoms with Gasteiger partial charge in [-0.2, -0.15) is 0 Å². The van der Waals surface area contributed by atoms with Gasteiger partial charge < -0.3 is 14.8 Å². The zero-order valence-electron chi connectivity index (χ0n) is 10.6. The molecule has 0 spiro atoms. The Labute approximate surface area is 93.8 Å². The first-order chi connectivity index (χ1) is 6.95. The predicted octanol–water partition coefficient (Wildman–Crippen LogP) is 1.98. The average Bonchev–Trinajstić information content (AvgIpc) is 2.13. The lowest BCUT2D eigenvalue weighted by Gasteiger charge is -2.21. The minimum absolute atomic E-state index is 0.133. The topological polar surface area (TPSA) is 30.5 Å². The van der Waals surface area contributed by atoms with Crippen LogP contribution in [0, 0.1) is 0 Å². The molecule has 0 aromatic carbocycles. The van der Waals surface area contributed by atoms with Gasteiger partial charge >= 0.3 is 0 Å². The van der Waals surface area contributed by atoms with Crippen LogP contribution in [-0.2, 0) is 9.47 Å². The van der Waals surface area contributed by atoms with Crippen LogP contribution in [0.1, 0.15) is 27.7 Å². The third-order valence-electron chi connectivity index (χ3n) is 1.75. The molecule has 90 valence electrons. The Morgan fingerprint density at radius 2 is 1.80 bits per heavy atom. The van der Waals surface area contributed by atoms with Gasteiger partial charge in [0.15, 0.2) is 0 Å². The second-order valence-electron chi connectivity index (χ2n) is 4.60. The van der Waals surface area contributed by atoms with Crippen molar-refractivity contribution in [3.05, 3.63) is 12.2 Å². The van der Waals surface area contributed by atoms with Crippen molar-refractivity contribution in [2.24, 2.45) is 0 Å². The van der Waals surface area contributed by atoms with Gasteiger partial charge in [-0.05, 0) is 33.3 Å². The molecule has 0 aromatic rings. The SMILES string of the molecule is C=C(CNC(C)(C)C)COCCOCC. The summed E-state index contributed by atoms with van der Waals surface area (Å²) in [5.41, 5.74) is 1.20. The Morgan fingerprint density at radius 1 is 1.20 bits per heavy atom. The lowest BCUT2D eigenvalue weighted by Crippen LogP contribution is -2.37. The Hall–Kier alpha value is -0.380. The zero-order chi connectivity index (χ0) is 11.7. The quantitative estimate of drug-likeness (QED) is 0.496. The first-order valence-corrected chi connectivity index (χ1v) is 5.53. The molecule has 3 nitrogen and oxygen atoms in total. The maximum Gasteiger partial charge on any atom is 0.0704 e. The van der Waals surface area contributed by atoms with Gasteiger partial charge in [-0.25, -0.2) is 0 Å². The third-order valence-corrected chi connectivity index (χ3v) is 1.75. The van der Waals surface area contributed by atoms with E-state index in [9.17, 15) is 0 Å². The number of rotatable bonds is 8. The van der Waals surface area contributed by atoms with Crippen molar-refractivity contribution in [1.29, 1.82) is 0 Å². The number of hydrogen-bond acceptors (Lipinski definition) is 3. The summed E-state index contributed by atoms with van der Waals surface area (Å²) in [6, 6.07) is 0. The summed E-state index contributed by atoms with van der Waals surface area (Å²) < 4.78 is 10.6. The van der Waals surface area contributed by atoms with Crippen LogP contribution in [0.25, 0.3) is 0 Å². The van der Waals surface area contributed by atoms with Crippen LogP contribution in [0.2, 0.25) is 0 Å². The molecule has 0 bridgehead atoms. The van der Waals surface area contributed by atoms with Crippen molar-refractivity contribution in [3.8, 4) is 0 Å². The van der Waals surface area contributed by atoms with Crippen LogP contribution in [-0.4, -0.2) is 38.5 Å². The Kier molecular flexibility index (Phi) is 7.65. The van der Waals surface area contributed by atoms with E-state index >= 15 is 0 Å². The highest BCUT2D eigenvalue weighted by molar-refractivity contribution is 4.98. The molecule has 3 heteroatoms. The minimum Gasteiger partial charge on any atom is -0.379 e. The molecule has 1 N–H and O–H groups in total. The first-order valence-electron chi connectivity index (χ1n) is 5.53. The minimum atomic E-state index is 0.133. The molecule has 0 aliphatic heterocycles. The molecule has 0 saturated carbocycles. The normalized spacial score (nSPS) is 11.7. The maximum absolute atomic E-state index is 5.40. The highest BCUT2D eigenvalue weighted by Crippen LogP contribution is 2.00. The van der Waals surface area contributed by atoms with Crippen molar-refractivity contribution in [1.82, 2.24) is 5.32 Å². The molecule has 0 fully saturated rings. The molecule has 0 radical (unpaired) electrons. The lowest BCUT2D eigenvalue weighted by molar-refractivity contribution is 0.0615. The standard InChI is InChI=1S/C12H25NO2/c1-6-14-7-8-15-10-11(2)9-13-12(3,4)5/h13H,2,6-10H2,1,3-5H3. The molecule has 0 amide bonds. The number of hydrogen-bond donors (Lipinski definition) is 1. The van der Waals surface area contributed by atoms with Crippen molar-refractivity contribution < 1.29 is 9.47 Å². The smallest absolute Gasteiger partial charge is 0.0704 e. The van der Waals surface area contributed by atoms with Crippen LogP contribution < -0.4 is 5.32 Å². The van der Waals surface area contributed by atoms with E-state index in [1.54, 1.807) is 0 Å². The molecule has 0 aromatic heterocycles. The highest BCUT2D eigenvalue weighted by atomic mass is 16.5. The van der Waals surface area contributed by atoms with Crippen molar-refractivity contribution in [3.63, 3.8) is 0 Å². The van der Waals surface area contributed by atoms with E-state index in [2.05, 4.69) is 32.7 Å². The average molecular weight is 215 g/mol. The summed E-state index contributed by atoms with van der Waals surface area (Å²) in [5, 5.41) is 3.36. The van der Waals surface area contributed by atoms with E-state index in [-0.39, 0.29) is 5.54 Å². The summed E-state index contributed by atoms with van der Waals surface area (Å²) in [7, 11) is 0. The van der Waals surface area contributed by atoms with E-state index in [1.807, 2.05) is 6.92 Å². The second kappa shape index (κ2) is 7.85. The largest absolute Gasteiger partial charge is 0.379 e. The van der Waals surface area contributed by atoms with Crippen LogP contribution >= 0.6 is 0 Å². The molecular weight excluding hydrogens is 190 g/mol. The molecule has 15 heavy (non-hydrogen) atoms. The fourth-order valence-corrected chi connectivity index (χ4v) is 0.920. The van der Waals surface area contributed by atoms with E-state index in [4.69, 9.17) is 9.47 Å². The summed E-state index contributed by atoms with van der Waals surface area (Å²) in [5.74, 6) is 0. The van der Waals surface area contributed by atoms with E-state index in [1.165, 1.54) is 0 Å². The predicted molar refractivity (Wildman–Crippen MR) is 64.2 cm³/mol. The zero-order valence-corrected chi connectivity index (χ0v) is 10.6. The second-order valence-corrected chi connectivity index (χ2v) is 4.60. The summed E-state index contributed by atoms with van der Waals surface area (Å²) in [4.78, 5) is 0. The van der Waals surface area contributed by atoms with Crippen LogP contribution in [0.4, 0.5) is 0 Å². The molecule has 0 saturated heterocycles. The highest BCUT2D eigenvalue weighted by Gasteiger charge is 2.08. The number of nitrogens with one attached hydrogen (secondary N) is 1. The molecular formula is C12H25NO2. The first kappa shape index (κ1) is 14.6. The van der Waals surface area contributed by atoms with Gasteiger partial charge in [-0.15, -0.1) is 0 Å². The van der Waals surface area contributed by atoms with Gasteiger partial charge in [0.1, 0.15) is 0 Å². The number of ether oxygens (including phenoxy) is 2. The van der Waals surface area contributed by atoms with Crippen molar-refractivity contribution in [2.45, 2.75) is 33.2 Å². The molecule has 0 rings (SSSR count). The van der Waals surface area contributed by atoms with E-state index in [0.717, 1.165) is 18.7 Å². The van der Waals surface area contributed by atoms with Crippen LogP contribution in [0.5, 0.6) is 0 Å². The summed E-state index contributed by atoms with van der Waals surface area (Å²) in [6.07, 6.45) is 0. The third kappa shape index (κ3) is 11.5. The Morgan fingerprint density at radius 3 is 2.33 bits per heavy atom. The van der Waals surface area contributed by atoms with Crippen LogP contribution in [0.3, 0.4) is 0 Å². The van der Waals surface area contributed by atoms with Gasteiger partial charge in [0, 0.05) is 18.7 Å². The van der Waals surface area contributed by atoms with E-state index < -0.39 is 0 Å². The van der Waals surface area contributed by atoms with Gasteiger partial charge in [-0.3, -0.25) is 0 Å². The van der Waals surface area contributed by atoms with Gasteiger partial charge in [0.05, 0.1) is 19.8 Å². The maximum atomic E-state index is 5.40. The Balaban J connectivity index is 3.34. The molecule has 0 aliphatic rings.